The Kier molecular flexibility index (Phi) is 4.20. The molecule has 2 nitrogen and oxygen atoms in total. The highest BCUT2D eigenvalue weighted by Crippen LogP contribution is 2.41. The van der Waals surface area contributed by atoms with Crippen LogP contribution in [-0.2, 0) is 5.41 Å². The number of hydrogen-bond donors (Lipinski definition) is 1. The molecule has 1 atom stereocenters. The Hall–Kier alpha value is -1.23. The predicted molar refractivity (Wildman–Crippen MR) is 67.3 cm³/mol. The molecule has 1 N–H and O–H groups in total. The molecule has 1 aromatic rings. The summed E-state index contributed by atoms with van der Waals surface area (Å²) in [7, 11) is 1.50. The van der Waals surface area contributed by atoms with Gasteiger partial charge in [-0.25, -0.2) is 0 Å². The van der Waals surface area contributed by atoms with Crippen molar-refractivity contribution in [2.75, 3.05) is 7.11 Å². The normalized spacial score (nSPS) is 16.0. The lowest BCUT2D eigenvalue weighted by atomic mass is 9.75. The maximum Gasteiger partial charge on any atom is 0.416 e. The zero-order valence-corrected chi connectivity index (χ0v) is 11.5. The lowest BCUT2D eigenvalue weighted by Gasteiger charge is -2.35. The van der Waals surface area contributed by atoms with Crippen LogP contribution in [0, 0.1) is 0 Å². The van der Waals surface area contributed by atoms with Crippen LogP contribution < -0.4 is 4.74 Å². The highest BCUT2D eigenvalue weighted by atomic mass is 19.4. The first-order chi connectivity index (χ1) is 8.49. The third-order valence-corrected chi connectivity index (χ3v) is 3.25. The van der Waals surface area contributed by atoms with E-state index in [4.69, 9.17) is 4.74 Å². The molecule has 0 amide bonds. The first-order valence-electron chi connectivity index (χ1n) is 5.93. The van der Waals surface area contributed by atoms with Gasteiger partial charge in [0.1, 0.15) is 5.75 Å². The van der Waals surface area contributed by atoms with Gasteiger partial charge in [-0.05, 0) is 36.5 Å². The van der Waals surface area contributed by atoms with Gasteiger partial charge in [0.15, 0.2) is 5.60 Å². The van der Waals surface area contributed by atoms with Gasteiger partial charge in [0, 0.05) is 0 Å². The van der Waals surface area contributed by atoms with Gasteiger partial charge in [-0.1, -0.05) is 26.0 Å². The molecular formula is C14H19F3O2. The molecule has 0 fully saturated rings. The van der Waals surface area contributed by atoms with Gasteiger partial charge in [0.05, 0.1) is 7.11 Å². The minimum absolute atomic E-state index is 0.420. The van der Waals surface area contributed by atoms with E-state index in [1.165, 1.54) is 7.11 Å². The van der Waals surface area contributed by atoms with E-state index in [2.05, 4.69) is 0 Å². The first-order valence-corrected chi connectivity index (χ1v) is 5.93. The molecule has 108 valence electrons. The fraction of sp³-hybridized carbons (Fsp3) is 0.571. The Morgan fingerprint density at radius 1 is 1.16 bits per heavy atom. The van der Waals surface area contributed by atoms with E-state index in [0.29, 0.717) is 11.3 Å². The SMILES string of the molecule is COc1cccc(C(C)(C)CC(C)(O)C(F)(F)F)c1. The summed E-state index contributed by atoms with van der Waals surface area (Å²) < 4.78 is 43.3. The number of rotatable bonds is 4. The first kappa shape index (κ1) is 15.8. The number of hydrogen-bond acceptors (Lipinski definition) is 2. The van der Waals surface area contributed by atoms with Crippen molar-refractivity contribution in [3.63, 3.8) is 0 Å². The van der Waals surface area contributed by atoms with Crippen molar-refractivity contribution in [3.05, 3.63) is 29.8 Å². The fourth-order valence-electron chi connectivity index (χ4n) is 2.11. The molecule has 0 aromatic heterocycles. The highest BCUT2D eigenvalue weighted by Gasteiger charge is 2.52. The van der Waals surface area contributed by atoms with Crippen molar-refractivity contribution in [3.8, 4) is 5.75 Å². The van der Waals surface area contributed by atoms with Crippen LogP contribution in [0.2, 0.25) is 0 Å². The van der Waals surface area contributed by atoms with E-state index < -0.39 is 23.6 Å². The summed E-state index contributed by atoms with van der Waals surface area (Å²) >= 11 is 0. The molecule has 1 unspecified atom stereocenters. The van der Waals surface area contributed by atoms with Crippen LogP contribution in [0.15, 0.2) is 24.3 Å². The van der Waals surface area contributed by atoms with Gasteiger partial charge in [-0.3, -0.25) is 0 Å². The Balaban J connectivity index is 3.04. The summed E-state index contributed by atoms with van der Waals surface area (Å²) in [6, 6.07) is 6.86. The number of ether oxygens (including phenoxy) is 1. The Morgan fingerprint density at radius 3 is 2.21 bits per heavy atom. The Labute approximate surface area is 111 Å². The molecule has 0 radical (unpaired) electrons. The second kappa shape index (κ2) is 5.04. The van der Waals surface area contributed by atoms with Gasteiger partial charge in [0.2, 0.25) is 0 Å². The largest absolute Gasteiger partial charge is 0.497 e. The maximum absolute atomic E-state index is 12.8. The zero-order valence-electron chi connectivity index (χ0n) is 11.5. The van der Waals surface area contributed by atoms with Crippen LogP contribution in [0.4, 0.5) is 13.2 Å². The molecule has 19 heavy (non-hydrogen) atoms. The predicted octanol–water partition coefficient (Wildman–Crippen LogP) is 3.68. The lowest BCUT2D eigenvalue weighted by molar-refractivity contribution is -0.259. The minimum Gasteiger partial charge on any atom is -0.497 e. The summed E-state index contributed by atoms with van der Waals surface area (Å²) in [6.45, 7) is 4.14. The van der Waals surface area contributed by atoms with Crippen LogP contribution in [-0.4, -0.2) is 24.0 Å². The van der Waals surface area contributed by atoms with Crippen molar-refractivity contribution in [2.24, 2.45) is 0 Å². The molecule has 0 bridgehead atoms. The van der Waals surface area contributed by atoms with E-state index in [9.17, 15) is 18.3 Å². The molecule has 0 saturated carbocycles. The standard InChI is InChI=1S/C14H19F3O2/c1-12(2,9-13(3,18)14(15,16)17)10-6-5-7-11(8-10)19-4/h5-8,18H,9H2,1-4H3. The quantitative estimate of drug-likeness (QED) is 0.909. The van der Waals surface area contributed by atoms with Crippen LogP contribution in [0.3, 0.4) is 0 Å². The van der Waals surface area contributed by atoms with Crippen LogP contribution >= 0.6 is 0 Å². The van der Waals surface area contributed by atoms with E-state index >= 15 is 0 Å². The molecule has 0 saturated heterocycles. The topological polar surface area (TPSA) is 29.5 Å². The average molecular weight is 276 g/mol. The molecule has 0 aliphatic heterocycles. The van der Waals surface area contributed by atoms with E-state index in [0.717, 1.165) is 6.92 Å². The van der Waals surface area contributed by atoms with Crippen molar-refractivity contribution < 1.29 is 23.0 Å². The molecule has 1 aromatic carbocycles. The number of benzene rings is 1. The summed E-state index contributed by atoms with van der Waals surface area (Å²) in [5, 5.41) is 9.62. The van der Waals surface area contributed by atoms with Crippen molar-refractivity contribution in [2.45, 2.75) is 44.4 Å². The van der Waals surface area contributed by atoms with Crippen LogP contribution in [0.1, 0.15) is 32.8 Å². The van der Waals surface area contributed by atoms with Crippen molar-refractivity contribution >= 4 is 0 Å². The van der Waals surface area contributed by atoms with Crippen molar-refractivity contribution in [1.29, 1.82) is 0 Å². The zero-order chi connectivity index (χ0) is 14.9. The molecule has 0 spiro atoms. The summed E-state index contributed by atoms with van der Waals surface area (Å²) in [5.74, 6) is 0.581. The molecule has 0 aliphatic carbocycles. The third kappa shape index (κ3) is 3.62. The summed E-state index contributed by atoms with van der Waals surface area (Å²) in [5.41, 5.74) is -2.86. The second-order valence-corrected chi connectivity index (χ2v) is 5.56. The lowest BCUT2D eigenvalue weighted by Crippen LogP contribution is -2.46. The smallest absolute Gasteiger partial charge is 0.416 e. The molecule has 0 heterocycles. The van der Waals surface area contributed by atoms with E-state index in [-0.39, 0.29) is 0 Å². The van der Waals surface area contributed by atoms with Crippen LogP contribution in [0.25, 0.3) is 0 Å². The number of halogens is 3. The summed E-state index contributed by atoms with van der Waals surface area (Å²) in [6.07, 6.45) is -5.07. The number of methoxy groups -OCH3 is 1. The molecular weight excluding hydrogens is 257 g/mol. The summed E-state index contributed by atoms with van der Waals surface area (Å²) in [4.78, 5) is 0. The minimum atomic E-state index is -4.65. The second-order valence-electron chi connectivity index (χ2n) is 5.56. The van der Waals surface area contributed by atoms with Crippen LogP contribution in [0.5, 0.6) is 5.75 Å². The van der Waals surface area contributed by atoms with Gasteiger partial charge in [-0.15, -0.1) is 0 Å². The Morgan fingerprint density at radius 2 is 1.74 bits per heavy atom. The Bertz CT molecular complexity index is 437. The van der Waals surface area contributed by atoms with E-state index in [1.54, 1.807) is 38.1 Å². The molecule has 5 heteroatoms. The van der Waals surface area contributed by atoms with Gasteiger partial charge in [0.25, 0.3) is 0 Å². The third-order valence-electron chi connectivity index (χ3n) is 3.25. The van der Waals surface area contributed by atoms with E-state index in [1.807, 2.05) is 0 Å². The number of aliphatic hydroxyl groups is 1. The average Bonchev–Trinajstić information content (AvgIpc) is 2.26. The van der Waals surface area contributed by atoms with Gasteiger partial charge in [-0.2, -0.15) is 13.2 Å². The fourth-order valence-corrected chi connectivity index (χ4v) is 2.11. The monoisotopic (exact) mass is 276 g/mol. The van der Waals surface area contributed by atoms with Gasteiger partial charge < -0.3 is 9.84 Å². The number of alkyl halides is 3. The maximum atomic E-state index is 12.8. The molecule has 0 aliphatic rings. The molecule has 1 rings (SSSR count). The van der Waals surface area contributed by atoms with Crippen molar-refractivity contribution in [1.82, 2.24) is 0 Å². The van der Waals surface area contributed by atoms with Gasteiger partial charge >= 0.3 is 6.18 Å². The highest BCUT2D eigenvalue weighted by molar-refractivity contribution is 5.33.